The van der Waals surface area contributed by atoms with Crippen molar-refractivity contribution in [3.63, 3.8) is 0 Å². The van der Waals surface area contributed by atoms with Crippen LogP contribution in [0.15, 0.2) is 35.9 Å². The molecule has 0 unspecified atom stereocenters. The van der Waals surface area contributed by atoms with Crippen molar-refractivity contribution in [2.45, 2.75) is 25.7 Å². The van der Waals surface area contributed by atoms with E-state index in [9.17, 15) is 9.59 Å². The molecule has 0 amide bonds. The molecule has 16 heavy (non-hydrogen) atoms. The largest absolute Gasteiger partial charge is 0.294 e. The van der Waals surface area contributed by atoms with Crippen molar-refractivity contribution >= 4 is 17.6 Å². The van der Waals surface area contributed by atoms with Crippen LogP contribution in [-0.4, -0.2) is 11.6 Å². The first-order chi connectivity index (χ1) is 7.77. The van der Waals surface area contributed by atoms with Crippen LogP contribution in [0, 0.1) is 0 Å². The summed E-state index contributed by atoms with van der Waals surface area (Å²) < 4.78 is 0. The van der Waals surface area contributed by atoms with Gasteiger partial charge in [0.15, 0.2) is 11.6 Å². The number of hydrogen-bond acceptors (Lipinski definition) is 2. The molecule has 1 aromatic carbocycles. The topological polar surface area (TPSA) is 34.1 Å². The normalized spacial score (nSPS) is 17.1. The Labute approximate surface area is 95.0 Å². The van der Waals surface area contributed by atoms with Gasteiger partial charge in [0.1, 0.15) is 0 Å². The number of rotatable bonds is 1. The Balaban J connectivity index is 2.33. The number of benzene rings is 1. The van der Waals surface area contributed by atoms with Crippen LogP contribution in [0.4, 0.5) is 0 Å². The zero-order valence-corrected chi connectivity index (χ0v) is 9.11. The van der Waals surface area contributed by atoms with E-state index in [1.54, 1.807) is 6.08 Å². The summed E-state index contributed by atoms with van der Waals surface area (Å²) in [6.07, 6.45) is 4.39. The highest BCUT2D eigenvalue weighted by Gasteiger charge is 2.20. The van der Waals surface area contributed by atoms with Gasteiger partial charge in [0.2, 0.25) is 0 Å². The Morgan fingerprint density at radius 2 is 1.44 bits per heavy atom. The zero-order valence-electron chi connectivity index (χ0n) is 9.11. The molecule has 1 fully saturated rings. The minimum atomic E-state index is -0.00801. The van der Waals surface area contributed by atoms with Crippen LogP contribution in [-0.2, 0) is 9.59 Å². The molecule has 2 heteroatoms. The monoisotopic (exact) mass is 214 g/mol. The van der Waals surface area contributed by atoms with Gasteiger partial charge in [-0.2, -0.15) is 0 Å². The van der Waals surface area contributed by atoms with Crippen molar-refractivity contribution in [3.8, 4) is 0 Å². The molecule has 0 radical (unpaired) electrons. The van der Waals surface area contributed by atoms with Gasteiger partial charge >= 0.3 is 0 Å². The average molecular weight is 214 g/mol. The second kappa shape index (κ2) is 4.88. The van der Waals surface area contributed by atoms with Crippen LogP contribution < -0.4 is 0 Å². The van der Waals surface area contributed by atoms with E-state index in [0.717, 1.165) is 18.4 Å². The third-order valence-electron chi connectivity index (χ3n) is 2.77. The summed E-state index contributed by atoms with van der Waals surface area (Å²) in [4.78, 5) is 23.5. The summed E-state index contributed by atoms with van der Waals surface area (Å²) in [5.74, 6) is -0.0160. The van der Waals surface area contributed by atoms with Crippen molar-refractivity contribution in [1.29, 1.82) is 0 Å². The number of Topliss-reactive ketones (excluding diaryl/α,β-unsaturated/α-hetero) is 2. The third kappa shape index (κ3) is 2.45. The van der Waals surface area contributed by atoms with E-state index >= 15 is 0 Å². The Morgan fingerprint density at radius 1 is 0.875 bits per heavy atom. The molecule has 0 atom stereocenters. The Bertz CT molecular complexity index is 409. The Hall–Kier alpha value is -1.70. The van der Waals surface area contributed by atoms with E-state index < -0.39 is 0 Å². The fourth-order valence-electron chi connectivity index (χ4n) is 1.87. The van der Waals surface area contributed by atoms with E-state index in [-0.39, 0.29) is 11.6 Å². The van der Waals surface area contributed by atoms with Crippen LogP contribution in [0.3, 0.4) is 0 Å². The lowest BCUT2D eigenvalue weighted by Gasteiger charge is -2.00. The summed E-state index contributed by atoms with van der Waals surface area (Å²) in [7, 11) is 0. The van der Waals surface area contributed by atoms with E-state index in [0.29, 0.717) is 18.4 Å². The molecule has 1 aliphatic rings. The quantitative estimate of drug-likeness (QED) is 0.409. The van der Waals surface area contributed by atoms with E-state index in [1.807, 2.05) is 30.3 Å². The number of hydrogen-bond donors (Lipinski definition) is 0. The van der Waals surface area contributed by atoms with Crippen molar-refractivity contribution in [2.24, 2.45) is 0 Å². The number of carbonyl (C=O) groups excluding carboxylic acids is 2. The molecule has 82 valence electrons. The van der Waals surface area contributed by atoms with Crippen LogP contribution in [0.5, 0.6) is 0 Å². The summed E-state index contributed by atoms with van der Waals surface area (Å²) in [6, 6.07) is 9.52. The highest BCUT2D eigenvalue weighted by atomic mass is 16.1. The maximum atomic E-state index is 11.7. The molecule has 0 bridgehead atoms. The average Bonchev–Trinajstić information content (AvgIpc) is 2.46. The van der Waals surface area contributed by atoms with Gasteiger partial charge in [-0.05, 0) is 24.5 Å². The van der Waals surface area contributed by atoms with Gasteiger partial charge < -0.3 is 0 Å². The minimum Gasteiger partial charge on any atom is -0.294 e. The highest BCUT2D eigenvalue weighted by Crippen LogP contribution is 2.18. The van der Waals surface area contributed by atoms with Crippen LogP contribution in [0.2, 0.25) is 0 Å². The highest BCUT2D eigenvalue weighted by molar-refractivity contribution is 6.23. The van der Waals surface area contributed by atoms with Crippen molar-refractivity contribution in [3.05, 3.63) is 41.5 Å². The lowest BCUT2D eigenvalue weighted by atomic mass is 10.0. The zero-order chi connectivity index (χ0) is 11.4. The Kier molecular flexibility index (Phi) is 3.30. The molecule has 2 nitrogen and oxygen atoms in total. The van der Waals surface area contributed by atoms with E-state index in [2.05, 4.69) is 0 Å². The fraction of sp³-hybridized carbons (Fsp3) is 0.286. The minimum absolute atomic E-state index is 0.00801. The van der Waals surface area contributed by atoms with Crippen LogP contribution in [0.25, 0.3) is 6.08 Å². The lowest BCUT2D eigenvalue weighted by molar-refractivity contribution is -0.120. The first-order valence-electron chi connectivity index (χ1n) is 5.60. The van der Waals surface area contributed by atoms with Crippen molar-refractivity contribution in [1.82, 2.24) is 0 Å². The molecule has 1 aliphatic carbocycles. The van der Waals surface area contributed by atoms with Gasteiger partial charge in [0.05, 0.1) is 5.57 Å². The maximum absolute atomic E-state index is 11.7. The summed E-state index contributed by atoms with van der Waals surface area (Å²) in [5.41, 5.74) is 1.30. The van der Waals surface area contributed by atoms with Crippen molar-refractivity contribution < 1.29 is 9.59 Å². The predicted molar refractivity (Wildman–Crippen MR) is 62.9 cm³/mol. The van der Waals surface area contributed by atoms with Gasteiger partial charge in [-0.15, -0.1) is 0 Å². The molecule has 0 N–H and O–H groups in total. The smallest absolute Gasteiger partial charge is 0.166 e. The van der Waals surface area contributed by atoms with Gasteiger partial charge in [-0.1, -0.05) is 30.3 Å². The molecule has 0 aromatic heterocycles. The van der Waals surface area contributed by atoms with E-state index in [1.165, 1.54) is 0 Å². The summed E-state index contributed by atoms with van der Waals surface area (Å²) in [6.45, 7) is 0. The first-order valence-corrected chi connectivity index (χ1v) is 5.60. The maximum Gasteiger partial charge on any atom is 0.166 e. The molecular weight excluding hydrogens is 200 g/mol. The molecular formula is C14H14O2. The SMILES string of the molecule is O=C1CCCCC(=O)C1=Cc1ccccc1. The third-order valence-corrected chi connectivity index (χ3v) is 2.77. The Morgan fingerprint density at radius 3 is 2.00 bits per heavy atom. The van der Waals surface area contributed by atoms with Crippen LogP contribution in [0.1, 0.15) is 31.2 Å². The molecule has 0 spiro atoms. The van der Waals surface area contributed by atoms with Gasteiger partial charge in [-0.3, -0.25) is 9.59 Å². The molecule has 0 aliphatic heterocycles. The van der Waals surface area contributed by atoms with Crippen LogP contribution >= 0.6 is 0 Å². The number of carbonyl (C=O) groups is 2. The molecule has 1 saturated carbocycles. The van der Waals surface area contributed by atoms with Gasteiger partial charge in [0, 0.05) is 12.8 Å². The predicted octanol–water partition coefficient (Wildman–Crippen LogP) is 2.78. The van der Waals surface area contributed by atoms with Crippen molar-refractivity contribution in [2.75, 3.05) is 0 Å². The second-order valence-corrected chi connectivity index (χ2v) is 4.02. The standard InChI is InChI=1S/C14H14O2/c15-13-8-4-5-9-14(16)12(13)10-11-6-2-1-3-7-11/h1-3,6-7,10H,4-5,8-9H2. The fourth-order valence-corrected chi connectivity index (χ4v) is 1.87. The van der Waals surface area contributed by atoms with Gasteiger partial charge in [-0.25, -0.2) is 0 Å². The lowest BCUT2D eigenvalue weighted by Crippen LogP contribution is -2.09. The summed E-state index contributed by atoms with van der Waals surface area (Å²) >= 11 is 0. The number of allylic oxidation sites excluding steroid dienone is 1. The second-order valence-electron chi connectivity index (χ2n) is 4.02. The summed E-state index contributed by atoms with van der Waals surface area (Å²) in [5, 5.41) is 0. The molecule has 0 saturated heterocycles. The molecule has 0 heterocycles. The molecule has 2 rings (SSSR count). The molecule has 1 aromatic rings. The number of ketones is 2. The van der Waals surface area contributed by atoms with Gasteiger partial charge in [0.25, 0.3) is 0 Å². The van der Waals surface area contributed by atoms with E-state index in [4.69, 9.17) is 0 Å². The first kappa shape index (κ1) is 10.8.